The Balaban J connectivity index is 1.88. The van der Waals surface area contributed by atoms with Crippen LogP contribution in [0.3, 0.4) is 0 Å². The molecule has 3 rings (SSSR count). The molecule has 1 N–H and O–H groups in total. The second-order valence-corrected chi connectivity index (χ2v) is 5.50. The van der Waals surface area contributed by atoms with E-state index in [1.807, 2.05) is 38.1 Å². The summed E-state index contributed by atoms with van der Waals surface area (Å²) in [6, 6.07) is 12.6. The quantitative estimate of drug-likeness (QED) is 0.911. The minimum atomic E-state index is -0.229. The Kier molecular flexibility index (Phi) is 3.59. The molecule has 1 amide bonds. The first kappa shape index (κ1) is 14.2. The van der Waals surface area contributed by atoms with Crippen molar-refractivity contribution in [2.75, 3.05) is 5.32 Å². The summed E-state index contributed by atoms with van der Waals surface area (Å²) >= 11 is 0. The summed E-state index contributed by atoms with van der Waals surface area (Å²) in [7, 11) is 0. The SMILES string of the molecule is CC1=Nc2ccc(C(=O)Nc3cccc(C)c3)cc2C(=O)C1. The fourth-order valence-corrected chi connectivity index (χ4v) is 2.50. The van der Waals surface area contributed by atoms with Gasteiger partial charge in [0, 0.05) is 28.9 Å². The van der Waals surface area contributed by atoms with Gasteiger partial charge in [-0.05, 0) is 49.7 Å². The number of nitrogens with one attached hydrogen (secondary N) is 1. The molecule has 2 aromatic carbocycles. The Labute approximate surface area is 128 Å². The van der Waals surface area contributed by atoms with Gasteiger partial charge in [0.2, 0.25) is 0 Å². The van der Waals surface area contributed by atoms with E-state index in [1.54, 1.807) is 18.2 Å². The van der Waals surface area contributed by atoms with Crippen molar-refractivity contribution >= 4 is 28.8 Å². The molecule has 0 saturated heterocycles. The molecular formula is C18H16N2O2. The lowest BCUT2D eigenvalue weighted by Gasteiger charge is -2.13. The van der Waals surface area contributed by atoms with E-state index in [4.69, 9.17) is 0 Å². The van der Waals surface area contributed by atoms with E-state index in [0.717, 1.165) is 17.0 Å². The number of ketones is 1. The van der Waals surface area contributed by atoms with Crippen molar-refractivity contribution in [2.45, 2.75) is 20.3 Å². The first-order chi connectivity index (χ1) is 10.5. The van der Waals surface area contributed by atoms with E-state index in [9.17, 15) is 9.59 Å². The molecule has 0 atom stereocenters. The van der Waals surface area contributed by atoms with Crippen molar-refractivity contribution in [1.82, 2.24) is 0 Å². The molecule has 0 fully saturated rings. The van der Waals surface area contributed by atoms with Gasteiger partial charge in [0.05, 0.1) is 5.69 Å². The number of aliphatic imine (C=N–C) groups is 1. The molecule has 0 aliphatic carbocycles. The third-order valence-corrected chi connectivity index (χ3v) is 3.56. The minimum Gasteiger partial charge on any atom is -0.322 e. The van der Waals surface area contributed by atoms with Crippen molar-refractivity contribution in [3.05, 3.63) is 59.2 Å². The summed E-state index contributed by atoms with van der Waals surface area (Å²) in [5.74, 6) is -0.222. The lowest BCUT2D eigenvalue weighted by atomic mass is 9.98. The van der Waals surface area contributed by atoms with Gasteiger partial charge in [-0.25, -0.2) is 0 Å². The van der Waals surface area contributed by atoms with Gasteiger partial charge in [-0.1, -0.05) is 12.1 Å². The van der Waals surface area contributed by atoms with Crippen LogP contribution in [0.1, 0.15) is 39.6 Å². The number of hydrogen-bond donors (Lipinski definition) is 1. The molecule has 4 heteroatoms. The van der Waals surface area contributed by atoms with E-state index in [-0.39, 0.29) is 11.7 Å². The highest BCUT2D eigenvalue weighted by molar-refractivity contribution is 6.16. The first-order valence-corrected chi connectivity index (χ1v) is 7.12. The fourth-order valence-electron chi connectivity index (χ4n) is 2.50. The summed E-state index contributed by atoms with van der Waals surface area (Å²) in [6.45, 7) is 3.80. The molecule has 0 bridgehead atoms. The Morgan fingerprint density at radius 3 is 2.73 bits per heavy atom. The van der Waals surface area contributed by atoms with Gasteiger partial charge in [0.15, 0.2) is 5.78 Å². The average molecular weight is 292 g/mol. The van der Waals surface area contributed by atoms with Gasteiger partial charge < -0.3 is 5.32 Å². The average Bonchev–Trinajstić information content (AvgIpc) is 2.46. The third kappa shape index (κ3) is 2.81. The second kappa shape index (κ2) is 5.56. The number of rotatable bonds is 2. The number of benzene rings is 2. The summed E-state index contributed by atoms with van der Waals surface area (Å²) in [6.07, 6.45) is 0.315. The summed E-state index contributed by atoms with van der Waals surface area (Å²) < 4.78 is 0. The zero-order valence-electron chi connectivity index (χ0n) is 12.5. The van der Waals surface area contributed by atoms with Crippen LogP contribution in [0.2, 0.25) is 0 Å². The smallest absolute Gasteiger partial charge is 0.255 e. The third-order valence-electron chi connectivity index (χ3n) is 3.56. The van der Waals surface area contributed by atoms with Crippen LogP contribution < -0.4 is 5.32 Å². The molecule has 1 aliphatic heterocycles. The van der Waals surface area contributed by atoms with E-state index < -0.39 is 0 Å². The lowest BCUT2D eigenvalue weighted by Crippen LogP contribution is -2.15. The molecule has 22 heavy (non-hydrogen) atoms. The molecule has 0 aromatic heterocycles. The highest BCUT2D eigenvalue weighted by atomic mass is 16.1. The molecular weight excluding hydrogens is 276 g/mol. The van der Waals surface area contributed by atoms with E-state index in [1.165, 1.54) is 0 Å². The van der Waals surface area contributed by atoms with Gasteiger partial charge in [-0.2, -0.15) is 0 Å². The van der Waals surface area contributed by atoms with Crippen LogP contribution in [-0.4, -0.2) is 17.4 Å². The number of amides is 1. The van der Waals surface area contributed by atoms with Crippen LogP contribution >= 0.6 is 0 Å². The molecule has 4 nitrogen and oxygen atoms in total. The van der Waals surface area contributed by atoms with Gasteiger partial charge in [0.25, 0.3) is 5.91 Å². The standard InChI is InChI=1S/C18H16N2O2/c1-11-4-3-5-14(8-11)20-18(22)13-6-7-16-15(10-13)17(21)9-12(2)19-16/h3-8,10H,9H2,1-2H3,(H,20,22). The minimum absolute atomic E-state index is 0.00713. The Hall–Kier alpha value is -2.75. The number of nitrogens with zero attached hydrogens (tertiary/aromatic N) is 1. The van der Waals surface area contributed by atoms with Crippen LogP contribution in [0.4, 0.5) is 11.4 Å². The van der Waals surface area contributed by atoms with Crippen LogP contribution in [0.15, 0.2) is 47.5 Å². The van der Waals surface area contributed by atoms with Crippen molar-refractivity contribution in [2.24, 2.45) is 4.99 Å². The first-order valence-electron chi connectivity index (χ1n) is 7.12. The molecule has 1 heterocycles. The predicted molar refractivity (Wildman–Crippen MR) is 87.3 cm³/mol. The topological polar surface area (TPSA) is 58.5 Å². The summed E-state index contributed by atoms with van der Waals surface area (Å²) in [5, 5.41) is 2.84. The molecule has 0 saturated carbocycles. The number of anilines is 1. The largest absolute Gasteiger partial charge is 0.322 e. The molecule has 110 valence electrons. The molecule has 1 aliphatic rings. The van der Waals surface area contributed by atoms with Crippen molar-refractivity contribution in [1.29, 1.82) is 0 Å². The maximum absolute atomic E-state index is 12.3. The van der Waals surface area contributed by atoms with Crippen LogP contribution in [0.25, 0.3) is 0 Å². The lowest BCUT2D eigenvalue weighted by molar-refractivity contribution is 0.0999. The predicted octanol–water partition coefficient (Wildman–Crippen LogP) is 3.93. The maximum Gasteiger partial charge on any atom is 0.255 e. The Morgan fingerprint density at radius 2 is 1.95 bits per heavy atom. The molecule has 0 radical (unpaired) electrons. The number of aryl methyl sites for hydroxylation is 1. The fraction of sp³-hybridized carbons (Fsp3) is 0.167. The van der Waals surface area contributed by atoms with Gasteiger partial charge in [-0.15, -0.1) is 0 Å². The van der Waals surface area contributed by atoms with Crippen LogP contribution in [0, 0.1) is 6.92 Å². The second-order valence-electron chi connectivity index (χ2n) is 5.50. The highest BCUT2D eigenvalue weighted by Gasteiger charge is 2.19. The highest BCUT2D eigenvalue weighted by Crippen LogP contribution is 2.27. The van der Waals surface area contributed by atoms with E-state index >= 15 is 0 Å². The zero-order valence-corrected chi connectivity index (χ0v) is 12.5. The molecule has 0 unspecified atom stereocenters. The van der Waals surface area contributed by atoms with Crippen LogP contribution in [0.5, 0.6) is 0 Å². The maximum atomic E-state index is 12.3. The number of Topliss-reactive ketones (excluding diaryl/α,β-unsaturated/α-hetero) is 1. The summed E-state index contributed by atoms with van der Waals surface area (Å²) in [5.41, 5.74) is 4.23. The number of carbonyl (C=O) groups is 2. The van der Waals surface area contributed by atoms with E-state index in [2.05, 4.69) is 10.3 Å². The Bertz CT molecular complexity index is 806. The normalized spacial score (nSPS) is 13.4. The Morgan fingerprint density at radius 1 is 1.14 bits per heavy atom. The van der Waals surface area contributed by atoms with Crippen molar-refractivity contribution < 1.29 is 9.59 Å². The van der Waals surface area contributed by atoms with Gasteiger partial charge in [0.1, 0.15) is 0 Å². The zero-order chi connectivity index (χ0) is 15.7. The van der Waals surface area contributed by atoms with E-state index in [0.29, 0.717) is 23.2 Å². The van der Waals surface area contributed by atoms with Gasteiger partial charge in [-0.3, -0.25) is 14.6 Å². The monoisotopic (exact) mass is 292 g/mol. The number of fused-ring (bicyclic) bond motifs is 1. The van der Waals surface area contributed by atoms with Crippen molar-refractivity contribution in [3.63, 3.8) is 0 Å². The van der Waals surface area contributed by atoms with Gasteiger partial charge >= 0.3 is 0 Å². The molecule has 0 spiro atoms. The number of hydrogen-bond acceptors (Lipinski definition) is 3. The number of carbonyl (C=O) groups excluding carboxylic acids is 2. The van der Waals surface area contributed by atoms with Crippen LogP contribution in [-0.2, 0) is 0 Å². The summed E-state index contributed by atoms with van der Waals surface area (Å²) in [4.78, 5) is 28.7. The van der Waals surface area contributed by atoms with Crippen molar-refractivity contribution in [3.8, 4) is 0 Å². The molecule has 2 aromatic rings.